The number of primary amides is 1. The molecule has 2 aliphatic rings. The van der Waals surface area contributed by atoms with E-state index < -0.39 is 5.91 Å². The molecule has 2 fully saturated rings. The van der Waals surface area contributed by atoms with Crippen molar-refractivity contribution in [2.75, 3.05) is 39.4 Å². The molecule has 1 atom stereocenters. The van der Waals surface area contributed by atoms with Crippen LogP contribution in [0, 0.1) is 0 Å². The first-order chi connectivity index (χ1) is 12.3. The number of rotatable bonds is 5. The van der Waals surface area contributed by atoms with E-state index in [0.717, 1.165) is 57.3 Å². The van der Waals surface area contributed by atoms with Crippen LogP contribution in [0.25, 0.3) is 0 Å². The fourth-order valence-corrected chi connectivity index (χ4v) is 4.08. The number of carbonyl (C=O) groups is 1. The molecule has 0 aromatic carbocycles. The predicted octanol–water partition coefficient (Wildman–Crippen LogP) is 2.36. The minimum absolute atomic E-state index is 0.154. The van der Waals surface area contributed by atoms with Gasteiger partial charge in [0.15, 0.2) is 5.76 Å². The number of morpholine rings is 1. The van der Waals surface area contributed by atoms with Crippen LogP contribution in [0.1, 0.15) is 61.9 Å². The number of hydrogen-bond donors (Lipinski definition) is 1. The minimum atomic E-state index is -0.495. The van der Waals surface area contributed by atoms with E-state index >= 15 is 0 Å². The lowest BCUT2D eigenvalue weighted by Crippen LogP contribution is -2.49. The van der Waals surface area contributed by atoms with Crippen LogP contribution in [-0.4, -0.2) is 61.1 Å². The molecule has 6 heteroatoms. The summed E-state index contributed by atoms with van der Waals surface area (Å²) in [5.74, 6) is 0.652. The summed E-state index contributed by atoms with van der Waals surface area (Å²) in [6.45, 7) is 13.1. The molecule has 1 amide bonds. The van der Waals surface area contributed by atoms with Crippen molar-refractivity contribution < 1.29 is 13.9 Å². The number of hydrogen-bond acceptors (Lipinski definition) is 5. The van der Waals surface area contributed by atoms with Gasteiger partial charge in [-0.3, -0.25) is 14.6 Å². The smallest absolute Gasteiger partial charge is 0.284 e. The van der Waals surface area contributed by atoms with Gasteiger partial charge < -0.3 is 14.9 Å². The summed E-state index contributed by atoms with van der Waals surface area (Å²) in [5, 5.41) is 0. The second-order valence-electron chi connectivity index (χ2n) is 8.61. The lowest BCUT2D eigenvalue weighted by molar-refractivity contribution is 0.0152. The molecule has 6 nitrogen and oxygen atoms in total. The number of piperidine rings is 1. The van der Waals surface area contributed by atoms with E-state index in [2.05, 4.69) is 30.6 Å². The van der Waals surface area contributed by atoms with Gasteiger partial charge in [0.25, 0.3) is 5.91 Å². The fraction of sp³-hybridized carbons (Fsp3) is 0.750. The SMILES string of the molecule is CC(C)(C)c1oc(C(N)=O)cc1CN1CCCC[C@H]1CN1CCOCC1. The number of nitrogens with zero attached hydrogens (tertiary/aromatic N) is 2. The first kappa shape index (κ1) is 19.4. The Hall–Kier alpha value is -1.37. The van der Waals surface area contributed by atoms with Crippen LogP contribution in [-0.2, 0) is 16.7 Å². The van der Waals surface area contributed by atoms with Crippen molar-refractivity contribution in [1.82, 2.24) is 9.80 Å². The third-order valence-electron chi connectivity index (χ3n) is 5.43. The van der Waals surface area contributed by atoms with Crippen LogP contribution in [0.5, 0.6) is 0 Å². The first-order valence-corrected chi connectivity index (χ1v) is 9.82. The number of furan rings is 1. The van der Waals surface area contributed by atoms with Gasteiger partial charge >= 0.3 is 0 Å². The van der Waals surface area contributed by atoms with E-state index in [0.29, 0.717) is 6.04 Å². The summed E-state index contributed by atoms with van der Waals surface area (Å²) in [6.07, 6.45) is 3.74. The van der Waals surface area contributed by atoms with Crippen LogP contribution in [0.15, 0.2) is 10.5 Å². The Bertz CT molecular complexity index is 614. The maximum Gasteiger partial charge on any atom is 0.284 e. The van der Waals surface area contributed by atoms with E-state index in [1.54, 1.807) is 0 Å². The first-order valence-electron chi connectivity index (χ1n) is 9.82. The maximum atomic E-state index is 11.6. The van der Waals surface area contributed by atoms with Crippen molar-refractivity contribution in [1.29, 1.82) is 0 Å². The van der Waals surface area contributed by atoms with Crippen LogP contribution >= 0.6 is 0 Å². The van der Waals surface area contributed by atoms with Crippen molar-refractivity contribution in [3.05, 3.63) is 23.2 Å². The van der Waals surface area contributed by atoms with Gasteiger partial charge in [0.05, 0.1) is 13.2 Å². The van der Waals surface area contributed by atoms with Crippen LogP contribution in [0.4, 0.5) is 0 Å². The average molecular weight is 364 g/mol. The molecule has 1 aromatic heterocycles. The summed E-state index contributed by atoms with van der Waals surface area (Å²) in [5.41, 5.74) is 6.40. The Morgan fingerprint density at radius 1 is 1.23 bits per heavy atom. The zero-order chi connectivity index (χ0) is 18.7. The van der Waals surface area contributed by atoms with Crippen molar-refractivity contribution in [3.8, 4) is 0 Å². The lowest BCUT2D eigenvalue weighted by atomic mass is 9.90. The molecule has 3 rings (SSSR count). The molecule has 26 heavy (non-hydrogen) atoms. The zero-order valence-electron chi connectivity index (χ0n) is 16.4. The van der Waals surface area contributed by atoms with Crippen LogP contribution in [0.3, 0.4) is 0 Å². The van der Waals surface area contributed by atoms with Crippen molar-refractivity contribution in [2.24, 2.45) is 5.73 Å². The van der Waals surface area contributed by atoms with E-state index in [9.17, 15) is 4.79 Å². The molecule has 3 heterocycles. The summed E-state index contributed by atoms with van der Waals surface area (Å²) in [6, 6.07) is 2.39. The van der Waals surface area contributed by atoms with Gasteiger partial charge in [-0.25, -0.2) is 0 Å². The Balaban J connectivity index is 1.75. The molecule has 0 spiro atoms. The van der Waals surface area contributed by atoms with Crippen molar-refractivity contribution in [2.45, 2.75) is 58.0 Å². The van der Waals surface area contributed by atoms with E-state index in [-0.39, 0.29) is 11.2 Å². The number of ether oxygens (including phenoxy) is 1. The molecular formula is C20H33N3O3. The quantitative estimate of drug-likeness (QED) is 0.869. The zero-order valence-corrected chi connectivity index (χ0v) is 16.4. The van der Waals surface area contributed by atoms with E-state index in [1.807, 2.05) is 6.07 Å². The fourth-order valence-electron chi connectivity index (χ4n) is 4.08. The van der Waals surface area contributed by atoms with Gasteiger partial charge in [0.2, 0.25) is 0 Å². The predicted molar refractivity (Wildman–Crippen MR) is 101 cm³/mol. The monoisotopic (exact) mass is 363 g/mol. The highest BCUT2D eigenvalue weighted by molar-refractivity contribution is 5.90. The average Bonchev–Trinajstić information content (AvgIpc) is 3.02. The summed E-state index contributed by atoms with van der Waals surface area (Å²) in [4.78, 5) is 16.7. The van der Waals surface area contributed by atoms with Gasteiger partial charge in [-0.2, -0.15) is 0 Å². The number of amides is 1. The summed E-state index contributed by atoms with van der Waals surface area (Å²) < 4.78 is 11.3. The van der Waals surface area contributed by atoms with Gasteiger partial charge in [-0.1, -0.05) is 27.2 Å². The molecule has 0 radical (unpaired) electrons. The molecule has 0 bridgehead atoms. The topological polar surface area (TPSA) is 71.9 Å². The molecule has 2 saturated heterocycles. The van der Waals surface area contributed by atoms with Crippen molar-refractivity contribution >= 4 is 5.91 Å². The van der Waals surface area contributed by atoms with E-state index in [4.69, 9.17) is 14.9 Å². The highest BCUT2D eigenvalue weighted by Crippen LogP contribution is 2.31. The third kappa shape index (κ3) is 4.67. The number of nitrogens with two attached hydrogens (primary N) is 1. The third-order valence-corrected chi connectivity index (χ3v) is 5.43. The number of carbonyl (C=O) groups excluding carboxylic acids is 1. The summed E-state index contributed by atoms with van der Waals surface area (Å²) in [7, 11) is 0. The van der Waals surface area contributed by atoms with Crippen molar-refractivity contribution in [3.63, 3.8) is 0 Å². The maximum absolute atomic E-state index is 11.6. The molecule has 2 aliphatic heterocycles. The highest BCUT2D eigenvalue weighted by atomic mass is 16.5. The Morgan fingerprint density at radius 2 is 1.96 bits per heavy atom. The molecule has 1 aromatic rings. The van der Waals surface area contributed by atoms with Gasteiger partial charge in [0, 0.05) is 43.2 Å². The van der Waals surface area contributed by atoms with Gasteiger partial charge in [-0.15, -0.1) is 0 Å². The second-order valence-corrected chi connectivity index (χ2v) is 8.61. The molecule has 2 N–H and O–H groups in total. The lowest BCUT2D eigenvalue weighted by Gasteiger charge is -2.39. The largest absolute Gasteiger partial charge is 0.455 e. The van der Waals surface area contributed by atoms with Gasteiger partial charge in [-0.05, 0) is 25.5 Å². The molecule has 0 saturated carbocycles. The molecule has 0 aliphatic carbocycles. The van der Waals surface area contributed by atoms with Crippen LogP contribution in [0.2, 0.25) is 0 Å². The van der Waals surface area contributed by atoms with Crippen LogP contribution < -0.4 is 5.73 Å². The Kier molecular flexibility index (Phi) is 6.05. The Morgan fingerprint density at radius 3 is 2.62 bits per heavy atom. The normalized spacial score (nSPS) is 23.3. The van der Waals surface area contributed by atoms with E-state index in [1.165, 1.54) is 19.3 Å². The minimum Gasteiger partial charge on any atom is -0.455 e. The Labute approximate surface area is 156 Å². The molecule has 0 unspecified atom stereocenters. The highest BCUT2D eigenvalue weighted by Gasteiger charge is 2.30. The number of likely N-dealkylation sites (tertiary alicyclic amines) is 1. The standard InChI is InChI=1S/C20H33N3O3/c1-20(2,3)18-15(12-17(26-18)19(21)24)13-23-7-5-4-6-16(23)14-22-8-10-25-11-9-22/h12,16H,4-11,13-14H2,1-3H3,(H2,21,24)/t16-/m0/s1. The second kappa shape index (κ2) is 8.11. The summed E-state index contributed by atoms with van der Waals surface area (Å²) >= 11 is 0. The molecule has 146 valence electrons. The van der Waals surface area contributed by atoms with Gasteiger partial charge in [0.1, 0.15) is 5.76 Å². The molecular weight excluding hydrogens is 330 g/mol.